The molecule has 0 aromatic heterocycles. The van der Waals surface area contributed by atoms with Crippen molar-refractivity contribution in [2.75, 3.05) is 33.4 Å². The van der Waals surface area contributed by atoms with E-state index in [2.05, 4.69) is 11.8 Å². The van der Waals surface area contributed by atoms with Gasteiger partial charge in [0.25, 0.3) is 0 Å². The second kappa shape index (κ2) is 5.55. The predicted octanol–water partition coefficient (Wildman–Crippen LogP) is 1.57. The molecule has 1 fully saturated rings. The highest BCUT2D eigenvalue weighted by molar-refractivity contribution is 4.73. The zero-order valence-corrected chi connectivity index (χ0v) is 8.09. The van der Waals surface area contributed by atoms with Gasteiger partial charge in [-0.3, -0.25) is 0 Å². The van der Waals surface area contributed by atoms with Gasteiger partial charge in [-0.05, 0) is 31.7 Å². The van der Waals surface area contributed by atoms with Crippen molar-refractivity contribution in [1.82, 2.24) is 4.90 Å². The van der Waals surface area contributed by atoms with Crippen LogP contribution in [0.1, 0.15) is 19.3 Å². The molecule has 1 heterocycles. The van der Waals surface area contributed by atoms with Gasteiger partial charge in [0.1, 0.15) is 0 Å². The molecule has 0 aromatic carbocycles. The quantitative estimate of drug-likeness (QED) is 0.635. The standard InChI is InChI=1S/C10H20NO/c1-3-10-5-4-6-11(9-10)7-8-12-2/h10H,1,3-9H2,2H3. The molecule has 0 aliphatic carbocycles. The van der Waals surface area contributed by atoms with Crippen molar-refractivity contribution in [3.63, 3.8) is 0 Å². The predicted molar refractivity (Wildman–Crippen MR) is 51.0 cm³/mol. The van der Waals surface area contributed by atoms with Crippen LogP contribution in [-0.2, 0) is 4.74 Å². The number of hydrogen-bond donors (Lipinski definition) is 0. The topological polar surface area (TPSA) is 12.5 Å². The van der Waals surface area contributed by atoms with Gasteiger partial charge in [0.05, 0.1) is 6.61 Å². The molecule has 0 aromatic rings. The van der Waals surface area contributed by atoms with E-state index in [9.17, 15) is 0 Å². The lowest BCUT2D eigenvalue weighted by Gasteiger charge is -2.31. The molecule has 0 amide bonds. The lowest BCUT2D eigenvalue weighted by atomic mass is 9.96. The summed E-state index contributed by atoms with van der Waals surface area (Å²) in [5, 5.41) is 0. The highest BCUT2D eigenvalue weighted by Gasteiger charge is 2.17. The number of ether oxygens (including phenoxy) is 1. The second-order valence-corrected chi connectivity index (χ2v) is 3.59. The molecule has 1 unspecified atom stereocenters. The van der Waals surface area contributed by atoms with Gasteiger partial charge < -0.3 is 9.64 Å². The van der Waals surface area contributed by atoms with Crippen LogP contribution in [0.2, 0.25) is 0 Å². The van der Waals surface area contributed by atoms with E-state index in [1.54, 1.807) is 7.11 Å². The van der Waals surface area contributed by atoms with E-state index in [1.807, 2.05) is 0 Å². The highest BCUT2D eigenvalue weighted by Crippen LogP contribution is 2.18. The number of methoxy groups -OCH3 is 1. The summed E-state index contributed by atoms with van der Waals surface area (Å²) in [6.07, 6.45) is 3.79. The number of piperidine rings is 1. The average molecular weight is 170 g/mol. The normalized spacial score (nSPS) is 26.0. The Morgan fingerprint density at radius 1 is 1.58 bits per heavy atom. The second-order valence-electron chi connectivity index (χ2n) is 3.59. The Balaban J connectivity index is 2.16. The van der Waals surface area contributed by atoms with Crippen LogP contribution in [0.5, 0.6) is 0 Å². The van der Waals surface area contributed by atoms with Gasteiger partial charge in [-0.15, -0.1) is 0 Å². The van der Waals surface area contributed by atoms with Crippen LogP contribution in [0.3, 0.4) is 0 Å². The first-order valence-electron chi connectivity index (χ1n) is 4.87. The minimum absolute atomic E-state index is 0.829. The Morgan fingerprint density at radius 3 is 3.08 bits per heavy atom. The van der Waals surface area contributed by atoms with Crippen LogP contribution in [0.25, 0.3) is 0 Å². The van der Waals surface area contributed by atoms with Crippen molar-refractivity contribution >= 4 is 0 Å². The van der Waals surface area contributed by atoms with E-state index in [0.29, 0.717) is 0 Å². The fourth-order valence-electron chi connectivity index (χ4n) is 1.81. The molecule has 1 aliphatic rings. The first kappa shape index (κ1) is 10.0. The van der Waals surface area contributed by atoms with Gasteiger partial charge >= 0.3 is 0 Å². The Bertz CT molecular complexity index is 116. The number of likely N-dealkylation sites (tertiary alicyclic amines) is 1. The van der Waals surface area contributed by atoms with Gasteiger partial charge in [0, 0.05) is 20.2 Å². The molecular formula is C10H20NO. The molecule has 2 nitrogen and oxygen atoms in total. The molecule has 0 N–H and O–H groups in total. The van der Waals surface area contributed by atoms with Crippen LogP contribution in [0, 0.1) is 12.8 Å². The molecule has 0 saturated carbocycles. The summed E-state index contributed by atoms with van der Waals surface area (Å²) in [6.45, 7) is 8.40. The zero-order valence-electron chi connectivity index (χ0n) is 8.09. The maximum absolute atomic E-state index is 5.06. The van der Waals surface area contributed by atoms with Crippen molar-refractivity contribution in [3.05, 3.63) is 6.92 Å². The molecule has 12 heavy (non-hydrogen) atoms. The van der Waals surface area contributed by atoms with Gasteiger partial charge in [-0.2, -0.15) is 0 Å². The minimum atomic E-state index is 0.829. The van der Waals surface area contributed by atoms with Crippen LogP contribution in [-0.4, -0.2) is 38.3 Å². The first-order chi connectivity index (χ1) is 5.86. The fourth-order valence-corrected chi connectivity index (χ4v) is 1.81. The third kappa shape index (κ3) is 3.11. The van der Waals surface area contributed by atoms with Crippen molar-refractivity contribution < 1.29 is 4.74 Å². The Morgan fingerprint density at radius 2 is 2.42 bits per heavy atom. The lowest BCUT2D eigenvalue weighted by Crippen LogP contribution is -2.37. The summed E-state index contributed by atoms with van der Waals surface area (Å²) in [6, 6.07) is 0. The number of rotatable bonds is 4. The SMILES string of the molecule is [CH2]CC1CCCN(CCOC)C1. The molecule has 0 bridgehead atoms. The third-order valence-electron chi connectivity index (χ3n) is 2.62. The van der Waals surface area contributed by atoms with E-state index in [1.165, 1.54) is 25.9 Å². The first-order valence-corrected chi connectivity index (χ1v) is 4.87. The summed E-state index contributed by atoms with van der Waals surface area (Å²) in [7, 11) is 1.77. The van der Waals surface area contributed by atoms with E-state index < -0.39 is 0 Å². The van der Waals surface area contributed by atoms with E-state index in [-0.39, 0.29) is 0 Å². The smallest absolute Gasteiger partial charge is 0.0589 e. The highest BCUT2D eigenvalue weighted by atomic mass is 16.5. The lowest BCUT2D eigenvalue weighted by molar-refractivity contribution is 0.115. The largest absolute Gasteiger partial charge is 0.383 e. The summed E-state index contributed by atoms with van der Waals surface area (Å²) < 4.78 is 5.06. The number of hydrogen-bond acceptors (Lipinski definition) is 2. The van der Waals surface area contributed by atoms with E-state index in [4.69, 9.17) is 4.74 Å². The molecule has 1 saturated heterocycles. The van der Waals surface area contributed by atoms with Gasteiger partial charge in [0.2, 0.25) is 0 Å². The summed E-state index contributed by atoms with van der Waals surface area (Å²) in [4.78, 5) is 2.49. The Labute approximate surface area is 75.9 Å². The summed E-state index contributed by atoms with van der Waals surface area (Å²) >= 11 is 0. The Hall–Kier alpha value is -0.0800. The van der Waals surface area contributed by atoms with Crippen LogP contribution in [0.4, 0.5) is 0 Å². The number of nitrogens with zero attached hydrogens (tertiary/aromatic N) is 1. The van der Waals surface area contributed by atoms with Crippen molar-refractivity contribution in [2.24, 2.45) is 5.92 Å². The minimum Gasteiger partial charge on any atom is -0.383 e. The van der Waals surface area contributed by atoms with Crippen molar-refractivity contribution in [2.45, 2.75) is 19.3 Å². The van der Waals surface area contributed by atoms with Gasteiger partial charge in [0.15, 0.2) is 0 Å². The Kier molecular flexibility index (Phi) is 4.62. The maximum atomic E-state index is 5.06. The third-order valence-corrected chi connectivity index (χ3v) is 2.62. The molecule has 1 aliphatic heterocycles. The fraction of sp³-hybridized carbons (Fsp3) is 0.900. The van der Waals surface area contributed by atoms with Crippen LogP contribution >= 0.6 is 0 Å². The molecular weight excluding hydrogens is 150 g/mol. The molecule has 1 rings (SSSR count). The molecule has 1 radical (unpaired) electrons. The molecule has 0 spiro atoms. The van der Waals surface area contributed by atoms with Crippen molar-refractivity contribution in [3.8, 4) is 0 Å². The molecule has 2 heteroatoms. The van der Waals surface area contributed by atoms with Crippen LogP contribution in [0.15, 0.2) is 0 Å². The van der Waals surface area contributed by atoms with E-state index >= 15 is 0 Å². The molecule has 1 atom stereocenters. The average Bonchev–Trinajstić information content (AvgIpc) is 2.15. The van der Waals surface area contributed by atoms with Gasteiger partial charge in [-0.1, -0.05) is 6.92 Å². The van der Waals surface area contributed by atoms with E-state index in [0.717, 1.165) is 25.5 Å². The van der Waals surface area contributed by atoms with Crippen LogP contribution < -0.4 is 0 Å². The summed E-state index contributed by atoms with van der Waals surface area (Å²) in [5.41, 5.74) is 0. The monoisotopic (exact) mass is 170 g/mol. The molecule has 71 valence electrons. The van der Waals surface area contributed by atoms with Crippen molar-refractivity contribution in [1.29, 1.82) is 0 Å². The van der Waals surface area contributed by atoms with Gasteiger partial charge in [-0.25, -0.2) is 0 Å². The maximum Gasteiger partial charge on any atom is 0.0589 e. The summed E-state index contributed by atoms with van der Waals surface area (Å²) in [5.74, 6) is 0.829. The zero-order chi connectivity index (χ0) is 8.81.